The summed E-state index contributed by atoms with van der Waals surface area (Å²) in [6.07, 6.45) is 6.31. The Hall–Kier alpha value is -1.46. The molecule has 0 radical (unpaired) electrons. The summed E-state index contributed by atoms with van der Waals surface area (Å²) < 4.78 is 12.1. The second kappa shape index (κ2) is 11.4. The van der Waals surface area contributed by atoms with E-state index in [0.717, 1.165) is 44.2 Å². The molecule has 0 atom stereocenters. The van der Waals surface area contributed by atoms with Gasteiger partial charge in [0, 0.05) is 13.1 Å². The maximum atomic E-state index is 6.05. The molecule has 0 N–H and O–H groups in total. The molecule has 0 saturated carbocycles. The van der Waals surface area contributed by atoms with Gasteiger partial charge in [-0.3, -0.25) is 9.80 Å². The van der Waals surface area contributed by atoms with Gasteiger partial charge >= 0.3 is 0 Å². The predicted octanol–water partition coefficient (Wildman–Crippen LogP) is 5.05. The quantitative estimate of drug-likeness (QED) is 0.465. The monoisotopic (exact) mass is 464 g/mol. The number of fused-ring (bicyclic) bond motifs is 3. The van der Waals surface area contributed by atoms with E-state index in [2.05, 4.69) is 46.2 Å². The first-order chi connectivity index (χ1) is 14.3. The molecule has 170 valence electrons. The number of nitrogens with zero attached hydrogens (tertiary/aromatic N) is 2. The van der Waals surface area contributed by atoms with Gasteiger partial charge in [-0.2, -0.15) is 0 Å². The Labute approximate surface area is 198 Å². The van der Waals surface area contributed by atoms with Gasteiger partial charge in [-0.15, -0.1) is 24.8 Å². The summed E-state index contributed by atoms with van der Waals surface area (Å²) in [7, 11) is 0. The van der Waals surface area contributed by atoms with Crippen LogP contribution < -0.4 is 9.47 Å². The zero-order chi connectivity index (χ0) is 19.5. The van der Waals surface area contributed by atoms with Crippen molar-refractivity contribution >= 4 is 24.8 Å². The molecule has 6 heteroatoms. The van der Waals surface area contributed by atoms with Gasteiger partial charge in [0.05, 0.1) is 0 Å². The van der Waals surface area contributed by atoms with Crippen molar-refractivity contribution in [3.05, 3.63) is 47.5 Å². The van der Waals surface area contributed by atoms with Crippen LogP contribution in [0.25, 0.3) is 11.1 Å². The number of hydrogen-bond acceptors (Lipinski definition) is 4. The molecular weight excluding hydrogens is 431 g/mol. The maximum absolute atomic E-state index is 6.05. The van der Waals surface area contributed by atoms with E-state index in [4.69, 9.17) is 9.47 Å². The van der Waals surface area contributed by atoms with E-state index in [0.29, 0.717) is 0 Å². The maximum Gasteiger partial charge on any atom is 0.119 e. The molecule has 4 nitrogen and oxygen atoms in total. The van der Waals surface area contributed by atoms with E-state index in [9.17, 15) is 0 Å². The molecule has 2 aromatic rings. The van der Waals surface area contributed by atoms with Gasteiger partial charge in [0.25, 0.3) is 0 Å². The van der Waals surface area contributed by atoms with Crippen LogP contribution in [-0.4, -0.2) is 62.3 Å². The molecule has 0 spiro atoms. The van der Waals surface area contributed by atoms with Crippen molar-refractivity contribution in [2.24, 2.45) is 0 Å². The molecule has 1 aliphatic carbocycles. The molecule has 2 aliphatic heterocycles. The highest BCUT2D eigenvalue weighted by molar-refractivity contribution is 5.85. The molecule has 2 fully saturated rings. The van der Waals surface area contributed by atoms with E-state index in [1.165, 1.54) is 74.1 Å². The Morgan fingerprint density at radius 1 is 0.613 bits per heavy atom. The Morgan fingerprint density at radius 3 is 1.45 bits per heavy atom. The van der Waals surface area contributed by atoms with Gasteiger partial charge in [-0.05, 0) is 105 Å². The predicted molar refractivity (Wildman–Crippen MR) is 132 cm³/mol. The average Bonchev–Trinajstić information content (AvgIpc) is 3.48. The lowest BCUT2D eigenvalue weighted by molar-refractivity contribution is 0.237. The smallest absolute Gasteiger partial charge is 0.119 e. The van der Waals surface area contributed by atoms with Gasteiger partial charge in [0.15, 0.2) is 0 Å². The zero-order valence-corrected chi connectivity index (χ0v) is 19.8. The normalized spacial score (nSPS) is 17.5. The topological polar surface area (TPSA) is 24.9 Å². The minimum absolute atomic E-state index is 0. The first-order valence-electron chi connectivity index (χ1n) is 11.3. The van der Waals surface area contributed by atoms with Gasteiger partial charge in [-0.25, -0.2) is 0 Å². The van der Waals surface area contributed by atoms with E-state index in [1.54, 1.807) is 0 Å². The summed E-state index contributed by atoms with van der Waals surface area (Å²) in [5.41, 5.74) is 5.42. The minimum atomic E-state index is 0. The SMILES string of the molecule is Cl.Cl.c1cc2c(cc1OCCN1CCCC1)Cc1cc(OCCN3CCCC3)ccc1-2. The van der Waals surface area contributed by atoms with Crippen molar-refractivity contribution in [3.8, 4) is 22.6 Å². The standard InChI is InChI=1S/C25H32N2O2.2ClH/c1-2-10-26(9-1)13-15-28-22-5-7-24-20(18-22)17-21-19-23(6-8-25(21)24)29-16-14-27-11-3-4-12-27;;/h5-8,18-19H,1-4,9-17H2;2*1H. The molecule has 5 rings (SSSR count). The minimum Gasteiger partial charge on any atom is -0.492 e. The zero-order valence-electron chi connectivity index (χ0n) is 18.2. The lowest BCUT2D eigenvalue weighted by Crippen LogP contribution is -2.25. The third kappa shape index (κ3) is 5.87. The van der Waals surface area contributed by atoms with E-state index in [1.807, 2.05) is 0 Å². The average molecular weight is 465 g/mol. The van der Waals surface area contributed by atoms with Crippen LogP contribution in [-0.2, 0) is 6.42 Å². The van der Waals surface area contributed by atoms with Crippen molar-refractivity contribution in [1.82, 2.24) is 9.80 Å². The first kappa shape index (κ1) is 24.2. The van der Waals surface area contributed by atoms with Crippen LogP contribution in [0.5, 0.6) is 11.5 Å². The third-order valence-electron chi connectivity index (χ3n) is 6.57. The van der Waals surface area contributed by atoms with Crippen molar-refractivity contribution in [2.75, 3.05) is 52.5 Å². The molecule has 2 saturated heterocycles. The van der Waals surface area contributed by atoms with Gasteiger partial charge in [0.1, 0.15) is 24.7 Å². The fourth-order valence-corrected chi connectivity index (χ4v) is 4.94. The lowest BCUT2D eigenvalue weighted by Gasteiger charge is -2.15. The second-order valence-electron chi connectivity index (χ2n) is 8.61. The first-order valence-corrected chi connectivity index (χ1v) is 11.3. The molecule has 3 aliphatic rings. The van der Waals surface area contributed by atoms with Gasteiger partial charge < -0.3 is 9.47 Å². The van der Waals surface area contributed by atoms with Crippen molar-refractivity contribution in [2.45, 2.75) is 32.1 Å². The van der Waals surface area contributed by atoms with Gasteiger partial charge in [-0.1, -0.05) is 12.1 Å². The summed E-state index contributed by atoms with van der Waals surface area (Å²) in [6, 6.07) is 13.2. The largest absolute Gasteiger partial charge is 0.492 e. The third-order valence-corrected chi connectivity index (χ3v) is 6.57. The lowest BCUT2D eigenvalue weighted by atomic mass is 10.1. The molecule has 2 aromatic carbocycles. The molecular formula is C25H34Cl2N2O2. The fraction of sp³-hybridized carbons (Fsp3) is 0.520. The Bertz CT molecular complexity index is 780. The number of benzene rings is 2. The van der Waals surface area contributed by atoms with Crippen LogP contribution in [0.1, 0.15) is 36.8 Å². The number of ether oxygens (including phenoxy) is 2. The summed E-state index contributed by atoms with van der Waals surface area (Å²) in [5, 5.41) is 0. The van der Waals surface area contributed by atoms with Gasteiger partial charge in [0.2, 0.25) is 0 Å². The highest BCUT2D eigenvalue weighted by atomic mass is 35.5. The molecule has 0 unspecified atom stereocenters. The fourth-order valence-electron chi connectivity index (χ4n) is 4.94. The van der Waals surface area contributed by atoms with Crippen molar-refractivity contribution < 1.29 is 9.47 Å². The van der Waals surface area contributed by atoms with Crippen LogP contribution in [0.3, 0.4) is 0 Å². The summed E-state index contributed by atoms with van der Waals surface area (Å²) in [6.45, 7) is 8.54. The van der Waals surface area contributed by atoms with Crippen LogP contribution in [0, 0.1) is 0 Å². The second-order valence-corrected chi connectivity index (χ2v) is 8.61. The summed E-state index contributed by atoms with van der Waals surface area (Å²) in [4.78, 5) is 4.99. The number of hydrogen-bond donors (Lipinski definition) is 0. The van der Waals surface area contributed by atoms with Crippen molar-refractivity contribution in [3.63, 3.8) is 0 Å². The van der Waals surface area contributed by atoms with E-state index in [-0.39, 0.29) is 24.8 Å². The number of likely N-dealkylation sites (tertiary alicyclic amines) is 2. The molecule has 2 heterocycles. The van der Waals surface area contributed by atoms with E-state index < -0.39 is 0 Å². The molecule has 0 aromatic heterocycles. The summed E-state index contributed by atoms with van der Waals surface area (Å²) >= 11 is 0. The number of halogens is 2. The molecule has 31 heavy (non-hydrogen) atoms. The van der Waals surface area contributed by atoms with E-state index >= 15 is 0 Å². The Balaban J connectivity index is 0.00000136. The Morgan fingerprint density at radius 2 is 1.03 bits per heavy atom. The number of rotatable bonds is 8. The van der Waals surface area contributed by atoms with Crippen LogP contribution in [0.15, 0.2) is 36.4 Å². The van der Waals surface area contributed by atoms with Crippen LogP contribution >= 0.6 is 24.8 Å². The Kier molecular flexibility index (Phi) is 8.91. The summed E-state index contributed by atoms with van der Waals surface area (Å²) in [5.74, 6) is 2.00. The highest BCUT2D eigenvalue weighted by Crippen LogP contribution is 2.39. The van der Waals surface area contributed by atoms with Crippen LogP contribution in [0.2, 0.25) is 0 Å². The van der Waals surface area contributed by atoms with Crippen molar-refractivity contribution in [1.29, 1.82) is 0 Å². The van der Waals surface area contributed by atoms with Crippen LogP contribution in [0.4, 0.5) is 0 Å². The highest BCUT2D eigenvalue weighted by Gasteiger charge is 2.20. The molecule has 0 bridgehead atoms. The molecule has 0 amide bonds.